The summed E-state index contributed by atoms with van der Waals surface area (Å²) in [6.07, 6.45) is 0.121. The minimum atomic E-state index is -0.870. The second-order valence-electron chi connectivity index (χ2n) is 6.44. The summed E-state index contributed by atoms with van der Waals surface area (Å²) >= 11 is 0. The molecule has 0 radical (unpaired) electrons. The van der Waals surface area contributed by atoms with Crippen LogP contribution in [-0.4, -0.2) is 38.8 Å². The number of cyclic esters (lactones) is 1. The van der Waals surface area contributed by atoms with Gasteiger partial charge in [-0.1, -0.05) is 0 Å². The molecule has 0 saturated carbocycles. The number of methoxy groups -OCH3 is 3. The zero-order chi connectivity index (χ0) is 18.4. The van der Waals surface area contributed by atoms with E-state index in [0.29, 0.717) is 34.1 Å². The standard InChI is InChI=1S/C18H21NO6/c1-18(2)16-15(17(21)25-18)10(7-14(20)19-16)9-6-12(23-4)13(24-5)8-11(9)22-3/h6,8,10H,7H2,1-5H3,(H,19,20). The summed E-state index contributed by atoms with van der Waals surface area (Å²) in [6, 6.07) is 3.43. The zero-order valence-electron chi connectivity index (χ0n) is 14.9. The van der Waals surface area contributed by atoms with Crippen LogP contribution < -0.4 is 19.5 Å². The van der Waals surface area contributed by atoms with Crippen molar-refractivity contribution in [3.05, 3.63) is 29.0 Å². The Morgan fingerprint density at radius 3 is 2.24 bits per heavy atom. The Morgan fingerprint density at radius 1 is 1.04 bits per heavy atom. The van der Waals surface area contributed by atoms with Crippen molar-refractivity contribution < 1.29 is 28.5 Å². The molecule has 1 unspecified atom stereocenters. The molecule has 2 heterocycles. The highest BCUT2D eigenvalue weighted by molar-refractivity contribution is 5.99. The number of hydrogen-bond donors (Lipinski definition) is 1. The van der Waals surface area contributed by atoms with Gasteiger partial charge in [0.05, 0.1) is 32.6 Å². The molecule has 134 valence electrons. The summed E-state index contributed by atoms with van der Waals surface area (Å²) in [6.45, 7) is 3.50. The van der Waals surface area contributed by atoms with Gasteiger partial charge >= 0.3 is 5.97 Å². The minimum absolute atomic E-state index is 0.121. The zero-order valence-corrected chi connectivity index (χ0v) is 14.9. The lowest BCUT2D eigenvalue weighted by atomic mass is 9.82. The van der Waals surface area contributed by atoms with Gasteiger partial charge in [-0.05, 0) is 19.9 Å². The van der Waals surface area contributed by atoms with Crippen LogP contribution in [0.4, 0.5) is 0 Å². The van der Waals surface area contributed by atoms with Crippen molar-refractivity contribution in [2.75, 3.05) is 21.3 Å². The molecule has 0 saturated heterocycles. The number of rotatable bonds is 4. The van der Waals surface area contributed by atoms with Crippen LogP contribution in [0.3, 0.4) is 0 Å². The van der Waals surface area contributed by atoms with Crippen LogP contribution in [0.5, 0.6) is 17.2 Å². The van der Waals surface area contributed by atoms with Crippen LogP contribution >= 0.6 is 0 Å². The highest BCUT2D eigenvalue weighted by atomic mass is 16.6. The van der Waals surface area contributed by atoms with E-state index in [1.165, 1.54) is 21.3 Å². The van der Waals surface area contributed by atoms with Gasteiger partial charge in [0.2, 0.25) is 5.91 Å². The van der Waals surface area contributed by atoms with Crippen molar-refractivity contribution >= 4 is 11.9 Å². The van der Waals surface area contributed by atoms with Gasteiger partial charge in [0, 0.05) is 24.0 Å². The van der Waals surface area contributed by atoms with E-state index in [1.807, 2.05) is 0 Å². The summed E-state index contributed by atoms with van der Waals surface area (Å²) in [7, 11) is 4.59. The van der Waals surface area contributed by atoms with Gasteiger partial charge in [-0.2, -0.15) is 0 Å². The Balaban J connectivity index is 2.19. The Labute approximate surface area is 145 Å². The third kappa shape index (κ3) is 2.69. The molecule has 1 amide bonds. The Kier molecular flexibility index (Phi) is 4.10. The van der Waals surface area contributed by atoms with Crippen LogP contribution in [0.15, 0.2) is 23.4 Å². The van der Waals surface area contributed by atoms with Crippen molar-refractivity contribution in [1.82, 2.24) is 5.32 Å². The molecule has 0 spiro atoms. The molecule has 1 N–H and O–H groups in total. The van der Waals surface area contributed by atoms with Crippen molar-refractivity contribution in [3.63, 3.8) is 0 Å². The number of nitrogens with one attached hydrogen (secondary N) is 1. The number of esters is 1. The quantitative estimate of drug-likeness (QED) is 0.838. The first-order valence-electron chi connectivity index (χ1n) is 7.90. The average Bonchev–Trinajstić information content (AvgIpc) is 2.81. The topological polar surface area (TPSA) is 83.1 Å². The van der Waals surface area contributed by atoms with E-state index in [0.717, 1.165) is 0 Å². The summed E-state index contributed by atoms with van der Waals surface area (Å²) in [5.74, 6) is 0.437. The second-order valence-corrected chi connectivity index (χ2v) is 6.44. The maximum Gasteiger partial charge on any atom is 0.337 e. The second kappa shape index (κ2) is 5.98. The van der Waals surface area contributed by atoms with Crippen LogP contribution in [0, 0.1) is 0 Å². The number of hydrogen-bond acceptors (Lipinski definition) is 6. The van der Waals surface area contributed by atoms with Gasteiger partial charge in [-0.25, -0.2) is 4.79 Å². The van der Waals surface area contributed by atoms with E-state index in [4.69, 9.17) is 18.9 Å². The largest absolute Gasteiger partial charge is 0.496 e. The first kappa shape index (κ1) is 17.1. The maximum atomic E-state index is 12.5. The third-order valence-corrected chi connectivity index (χ3v) is 4.55. The maximum absolute atomic E-state index is 12.5. The van der Waals surface area contributed by atoms with E-state index < -0.39 is 17.5 Å². The van der Waals surface area contributed by atoms with Crippen molar-refractivity contribution in [2.24, 2.45) is 0 Å². The van der Waals surface area contributed by atoms with E-state index in [1.54, 1.807) is 26.0 Å². The van der Waals surface area contributed by atoms with Crippen LogP contribution in [-0.2, 0) is 14.3 Å². The van der Waals surface area contributed by atoms with E-state index in [2.05, 4.69) is 5.32 Å². The summed E-state index contributed by atoms with van der Waals surface area (Å²) in [5.41, 5.74) is 0.771. The molecule has 7 heteroatoms. The smallest absolute Gasteiger partial charge is 0.337 e. The molecule has 0 aliphatic carbocycles. The monoisotopic (exact) mass is 347 g/mol. The van der Waals surface area contributed by atoms with Gasteiger partial charge in [0.1, 0.15) is 11.4 Å². The van der Waals surface area contributed by atoms with Gasteiger partial charge in [-0.3, -0.25) is 4.79 Å². The summed E-state index contributed by atoms with van der Waals surface area (Å²) < 4.78 is 21.6. The number of benzene rings is 1. The molecule has 0 fully saturated rings. The van der Waals surface area contributed by atoms with E-state index >= 15 is 0 Å². The normalized spacial score (nSPS) is 21.4. The Bertz CT molecular complexity index is 780. The van der Waals surface area contributed by atoms with Crippen molar-refractivity contribution in [1.29, 1.82) is 0 Å². The minimum Gasteiger partial charge on any atom is -0.496 e. The van der Waals surface area contributed by atoms with Crippen LogP contribution in [0.2, 0.25) is 0 Å². The molecule has 2 aliphatic rings. The lowest BCUT2D eigenvalue weighted by molar-refractivity contribution is -0.144. The van der Waals surface area contributed by atoms with Crippen molar-refractivity contribution in [2.45, 2.75) is 31.8 Å². The number of ether oxygens (including phenoxy) is 4. The molecular formula is C18H21NO6. The van der Waals surface area contributed by atoms with Gasteiger partial charge < -0.3 is 24.3 Å². The Morgan fingerprint density at radius 2 is 1.64 bits per heavy atom. The highest BCUT2D eigenvalue weighted by Gasteiger charge is 2.48. The lowest BCUT2D eigenvalue weighted by Gasteiger charge is -2.28. The fraction of sp³-hybridized carbons (Fsp3) is 0.444. The lowest BCUT2D eigenvalue weighted by Crippen LogP contribution is -2.38. The fourth-order valence-electron chi connectivity index (χ4n) is 3.37. The molecule has 7 nitrogen and oxygen atoms in total. The molecular weight excluding hydrogens is 326 g/mol. The number of carbonyl (C=O) groups is 2. The fourth-order valence-corrected chi connectivity index (χ4v) is 3.37. The highest BCUT2D eigenvalue weighted by Crippen LogP contribution is 2.47. The van der Waals surface area contributed by atoms with Gasteiger partial charge in [-0.15, -0.1) is 0 Å². The molecule has 1 aromatic carbocycles. The third-order valence-electron chi connectivity index (χ3n) is 4.55. The molecule has 0 bridgehead atoms. The number of amides is 1. The molecule has 0 aromatic heterocycles. The predicted octanol–water partition coefficient (Wildman–Crippen LogP) is 1.91. The molecule has 1 atom stereocenters. The summed E-state index contributed by atoms with van der Waals surface area (Å²) in [5, 5.41) is 2.79. The molecule has 3 rings (SSSR count). The van der Waals surface area contributed by atoms with E-state index in [-0.39, 0.29) is 12.3 Å². The Hall–Kier alpha value is -2.70. The van der Waals surface area contributed by atoms with Crippen LogP contribution in [0.25, 0.3) is 0 Å². The van der Waals surface area contributed by atoms with Gasteiger partial charge in [0.25, 0.3) is 0 Å². The number of carbonyl (C=O) groups excluding carboxylic acids is 2. The predicted molar refractivity (Wildman–Crippen MR) is 88.8 cm³/mol. The van der Waals surface area contributed by atoms with Crippen LogP contribution in [0.1, 0.15) is 31.7 Å². The molecule has 2 aliphatic heterocycles. The molecule has 1 aromatic rings. The van der Waals surface area contributed by atoms with Crippen molar-refractivity contribution in [3.8, 4) is 17.2 Å². The van der Waals surface area contributed by atoms with E-state index in [9.17, 15) is 9.59 Å². The SMILES string of the molecule is COc1cc(OC)c(C2CC(=O)NC3=C2C(=O)OC3(C)C)cc1OC. The van der Waals surface area contributed by atoms with Gasteiger partial charge in [0.15, 0.2) is 11.5 Å². The summed E-state index contributed by atoms with van der Waals surface area (Å²) in [4.78, 5) is 24.7. The average molecular weight is 347 g/mol. The molecule has 25 heavy (non-hydrogen) atoms. The first-order valence-corrected chi connectivity index (χ1v) is 7.90. The first-order chi connectivity index (χ1) is 11.8.